The van der Waals surface area contributed by atoms with Crippen LogP contribution in [0.25, 0.3) is 0 Å². The van der Waals surface area contributed by atoms with E-state index in [2.05, 4.69) is 6.58 Å². The molecule has 0 saturated carbocycles. The third kappa shape index (κ3) is 4.49. The Bertz CT molecular complexity index is 189. The molecular weight excluding hydrogens is 156 g/mol. The number of rotatable bonds is 5. The average Bonchev–Trinajstić information content (AvgIpc) is 1.96. The molecule has 0 bridgehead atoms. The Morgan fingerprint density at radius 2 is 2.17 bits per heavy atom. The predicted octanol–water partition coefficient (Wildman–Crippen LogP) is 0.244. The second kappa shape index (κ2) is 5.35. The highest BCUT2D eigenvalue weighted by molar-refractivity contribution is 5.75. The molecule has 0 atom stereocenters. The van der Waals surface area contributed by atoms with Crippen LogP contribution in [-0.2, 0) is 9.59 Å². The van der Waals surface area contributed by atoms with Gasteiger partial charge in [-0.15, -0.1) is 0 Å². The number of amides is 2. The average molecular weight is 170 g/mol. The van der Waals surface area contributed by atoms with Crippen molar-refractivity contribution in [1.82, 2.24) is 4.90 Å². The smallest absolute Gasteiger partial charge is 0.223 e. The van der Waals surface area contributed by atoms with E-state index in [-0.39, 0.29) is 11.8 Å². The van der Waals surface area contributed by atoms with Crippen molar-refractivity contribution in [3.8, 4) is 0 Å². The van der Waals surface area contributed by atoms with Crippen LogP contribution in [0, 0.1) is 0 Å². The Labute approximate surface area is 72.0 Å². The van der Waals surface area contributed by atoms with Crippen molar-refractivity contribution in [3.63, 3.8) is 0 Å². The van der Waals surface area contributed by atoms with Crippen molar-refractivity contribution >= 4 is 11.8 Å². The van der Waals surface area contributed by atoms with Crippen LogP contribution >= 0.6 is 0 Å². The van der Waals surface area contributed by atoms with Gasteiger partial charge in [0.15, 0.2) is 0 Å². The summed E-state index contributed by atoms with van der Waals surface area (Å²) in [6.45, 7) is 5.42. The summed E-state index contributed by atoms with van der Waals surface area (Å²) in [6, 6.07) is 0. The number of hydrogen-bond acceptors (Lipinski definition) is 2. The summed E-state index contributed by atoms with van der Waals surface area (Å²) >= 11 is 0. The number of carbonyl (C=O) groups is 2. The lowest BCUT2D eigenvalue weighted by Gasteiger charge is -2.14. The van der Waals surface area contributed by atoms with E-state index in [1.807, 2.05) is 0 Å². The van der Waals surface area contributed by atoms with Gasteiger partial charge in [-0.3, -0.25) is 9.59 Å². The lowest BCUT2D eigenvalue weighted by atomic mass is 10.3. The van der Waals surface area contributed by atoms with Gasteiger partial charge in [0.1, 0.15) is 0 Å². The zero-order valence-corrected chi connectivity index (χ0v) is 7.25. The van der Waals surface area contributed by atoms with Gasteiger partial charge in [0.25, 0.3) is 0 Å². The van der Waals surface area contributed by atoms with E-state index in [0.29, 0.717) is 19.4 Å². The molecule has 0 aliphatic carbocycles. The number of nitrogens with two attached hydrogens (primary N) is 1. The van der Waals surface area contributed by atoms with Crippen LogP contribution in [0.5, 0.6) is 0 Å². The van der Waals surface area contributed by atoms with Crippen LogP contribution < -0.4 is 5.73 Å². The van der Waals surface area contributed by atoms with Crippen molar-refractivity contribution in [2.45, 2.75) is 19.8 Å². The minimum atomic E-state index is -0.345. The van der Waals surface area contributed by atoms with E-state index in [1.54, 1.807) is 0 Å². The van der Waals surface area contributed by atoms with Gasteiger partial charge in [-0.1, -0.05) is 6.58 Å². The van der Waals surface area contributed by atoms with Crippen LogP contribution in [0.2, 0.25) is 0 Å². The predicted molar refractivity (Wildman–Crippen MR) is 46.0 cm³/mol. The summed E-state index contributed by atoms with van der Waals surface area (Å²) in [5.41, 5.74) is 4.93. The Balaban J connectivity index is 3.66. The molecule has 4 heteroatoms. The molecule has 0 aromatic rings. The summed E-state index contributed by atoms with van der Waals surface area (Å²) in [6.07, 6.45) is 2.34. The van der Waals surface area contributed by atoms with Crippen molar-refractivity contribution in [2.75, 3.05) is 6.54 Å². The van der Waals surface area contributed by atoms with Crippen molar-refractivity contribution < 1.29 is 9.59 Å². The maximum Gasteiger partial charge on any atom is 0.223 e. The first-order valence-electron chi connectivity index (χ1n) is 3.76. The molecule has 0 heterocycles. The number of hydrogen-bond donors (Lipinski definition) is 1. The fourth-order valence-electron chi connectivity index (χ4n) is 0.801. The van der Waals surface area contributed by atoms with Gasteiger partial charge < -0.3 is 10.6 Å². The van der Waals surface area contributed by atoms with Crippen LogP contribution in [0.1, 0.15) is 19.8 Å². The number of nitrogens with zero attached hydrogens (tertiary/aromatic N) is 1. The monoisotopic (exact) mass is 170 g/mol. The summed E-state index contributed by atoms with van der Waals surface area (Å²) < 4.78 is 0. The molecule has 12 heavy (non-hydrogen) atoms. The molecule has 0 aromatic heterocycles. The third-order valence-electron chi connectivity index (χ3n) is 1.45. The van der Waals surface area contributed by atoms with Crippen LogP contribution in [0.4, 0.5) is 0 Å². The minimum Gasteiger partial charge on any atom is -0.370 e. The Hall–Kier alpha value is -1.32. The van der Waals surface area contributed by atoms with E-state index < -0.39 is 0 Å². The molecule has 0 unspecified atom stereocenters. The quantitative estimate of drug-likeness (QED) is 0.642. The van der Waals surface area contributed by atoms with Crippen molar-refractivity contribution in [3.05, 3.63) is 12.8 Å². The maximum absolute atomic E-state index is 10.8. The van der Waals surface area contributed by atoms with Gasteiger partial charge >= 0.3 is 0 Å². The standard InChI is InChI=1S/C8H14N2O2/c1-3-10(7(2)11)6-4-5-8(9)12/h3H,1,4-6H2,2H3,(H2,9,12). The molecule has 0 radical (unpaired) electrons. The van der Waals surface area contributed by atoms with Gasteiger partial charge in [-0.2, -0.15) is 0 Å². The highest BCUT2D eigenvalue weighted by Gasteiger charge is 2.03. The van der Waals surface area contributed by atoms with Gasteiger partial charge in [0.05, 0.1) is 0 Å². The lowest BCUT2D eigenvalue weighted by Crippen LogP contribution is -2.24. The normalized spacial score (nSPS) is 9.08. The fraction of sp³-hybridized carbons (Fsp3) is 0.500. The van der Waals surface area contributed by atoms with E-state index in [0.717, 1.165) is 0 Å². The van der Waals surface area contributed by atoms with Crippen LogP contribution in [0.3, 0.4) is 0 Å². The Morgan fingerprint density at radius 1 is 1.58 bits per heavy atom. The number of primary amides is 1. The SMILES string of the molecule is C=CN(CCCC(N)=O)C(C)=O. The highest BCUT2D eigenvalue weighted by Crippen LogP contribution is 1.95. The summed E-state index contributed by atoms with van der Waals surface area (Å²) in [5, 5.41) is 0. The molecule has 0 rings (SSSR count). The van der Waals surface area contributed by atoms with Crippen molar-refractivity contribution in [1.29, 1.82) is 0 Å². The van der Waals surface area contributed by atoms with Crippen LogP contribution in [-0.4, -0.2) is 23.3 Å². The molecule has 0 aromatic carbocycles. The zero-order valence-electron chi connectivity index (χ0n) is 7.25. The van der Waals surface area contributed by atoms with E-state index in [1.165, 1.54) is 18.0 Å². The highest BCUT2D eigenvalue weighted by atomic mass is 16.2. The minimum absolute atomic E-state index is 0.0746. The second-order valence-corrected chi connectivity index (χ2v) is 2.46. The van der Waals surface area contributed by atoms with E-state index >= 15 is 0 Å². The third-order valence-corrected chi connectivity index (χ3v) is 1.45. The Kier molecular flexibility index (Phi) is 4.76. The summed E-state index contributed by atoms with van der Waals surface area (Å²) in [4.78, 5) is 22.6. The molecule has 0 aliphatic rings. The molecule has 0 aliphatic heterocycles. The lowest BCUT2D eigenvalue weighted by molar-refractivity contribution is -0.126. The van der Waals surface area contributed by atoms with E-state index in [9.17, 15) is 9.59 Å². The Morgan fingerprint density at radius 3 is 2.50 bits per heavy atom. The van der Waals surface area contributed by atoms with Gasteiger partial charge in [-0.05, 0) is 12.6 Å². The second-order valence-electron chi connectivity index (χ2n) is 2.46. The zero-order chi connectivity index (χ0) is 9.56. The summed E-state index contributed by atoms with van der Waals surface area (Å²) in [7, 11) is 0. The van der Waals surface area contributed by atoms with Gasteiger partial charge in [-0.25, -0.2) is 0 Å². The van der Waals surface area contributed by atoms with Gasteiger partial charge in [0, 0.05) is 19.9 Å². The molecule has 4 nitrogen and oxygen atoms in total. The molecule has 0 spiro atoms. The van der Waals surface area contributed by atoms with Gasteiger partial charge in [0.2, 0.25) is 11.8 Å². The first-order chi connectivity index (χ1) is 5.57. The maximum atomic E-state index is 10.8. The number of carbonyl (C=O) groups excluding carboxylic acids is 2. The topological polar surface area (TPSA) is 63.4 Å². The fourth-order valence-corrected chi connectivity index (χ4v) is 0.801. The largest absolute Gasteiger partial charge is 0.370 e. The first kappa shape index (κ1) is 10.7. The summed E-state index contributed by atoms with van der Waals surface area (Å²) in [5.74, 6) is -0.419. The molecule has 2 N–H and O–H groups in total. The molecule has 2 amide bonds. The van der Waals surface area contributed by atoms with Crippen molar-refractivity contribution in [2.24, 2.45) is 5.73 Å². The molecule has 0 saturated heterocycles. The molecular formula is C8H14N2O2. The first-order valence-corrected chi connectivity index (χ1v) is 3.76. The molecule has 68 valence electrons. The molecule has 0 fully saturated rings. The van der Waals surface area contributed by atoms with E-state index in [4.69, 9.17) is 5.73 Å². The van der Waals surface area contributed by atoms with Crippen LogP contribution in [0.15, 0.2) is 12.8 Å².